The van der Waals surface area contributed by atoms with Gasteiger partial charge in [-0.15, -0.1) is 0 Å². The highest BCUT2D eigenvalue weighted by atomic mass is 32.2. The molecule has 0 bridgehead atoms. The molecule has 6 nitrogen and oxygen atoms in total. The van der Waals surface area contributed by atoms with Gasteiger partial charge in [-0.25, -0.2) is 8.42 Å². The molecule has 2 fully saturated rings. The fourth-order valence-electron chi connectivity index (χ4n) is 3.50. The van der Waals surface area contributed by atoms with Gasteiger partial charge >= 0.3 is 6.18 Å². The van der Waals surface area contributed by atoms with Crippen molar-refractivity contribution in [3.05, 3.63) is 41.5 Å². The number of sulfonamides is 1. The lowest BCUT2D eigenvalue weighted by atomic mass is 9.96. The van der Waals surface area contributed by atoms with Gasteiger partial charge in [0.05, 0.1) is 10.5 Å². The van der Waals surface area contributed by atoms with Crippen LogP contribution in [0.4, 0.5) is 13.2 Å². The summed E-state index contributed by atoms with van der Waals surface area (Å²) in [6.07, 6.45) is -0.569. The number of hydrogen-bond donors (Lipinski definition) is 0. The molecule has 1 aromatic heterocycles. The van der Waals surface area contributed by atoms with E-state index in [-0.39, 0.29) is 23.9 Å². The molecular weight excluding hydrogens is 395 g/mol. The molecule has 0 radical (unpaired) electrons. The van der Waals surface area contributed by atoms with E-state index < -0.39 is 21.8 Å². The SMILES string of the molecule is O=S(=O)(c1cccc(C(F)(F)F)c1)N1CCCC(Cc2nc(C3CC3)no2)C1. The molecule has 0 amide bonds. The van der Waals surface area contributed by atoms with E-state index >= 15 is 0 Å². The lowest BCUT2D eigenvalue weighted by Gasteiger charge is -2.31. The summed E-state index contributed by atoms with van der Waals surface area (Å²) in [7, 11) is -4.00. The minimum absolute atomic E-state index is 0.0122. The molecule has 1 unspecified atom stereocenters. The van der Waals surface area contributed by atoms with Crippen molar-refractivity contribution in [1.82, 2.24) is 14.4 Å². The van der Waals surface area contributed by atoms with Gasteiger partial charge in [0.25, 0.3) is 0 Å². The summed E-state index contributed by atoms with van der Waals surface area (Å²) in [6, 6.07) is 3.88. The van der Waals surface area contributed by atoms with Crippen LogP contribution in [-0.4, -0.2) is 36.0 Å². The van der Waals surface area contributed by atoms with Crippen molar-refractivity contribution in [2.45, 2.75) is 49.1 Å². The first-order valence-electron chi connectivity index (χ1n) is 9.23. The Morgan fingerprint density at radius 1 is 1.21 bits per heavy atom. The highest BCUT2D eigenvalue weighted by Crippen LogP contribution is 2.38. The van der Waals surface area contributed by atoms with E-state index in [1.54, 1.807) is 0 Å². The molecule has 152 valence electrons. The largest absolute Gasteiger partial charge is 0.416 e. The predicted molar refractivity (Wildman–Crippen MR) is 92.9 cm³/mol. The smallest absolute Gasteiger partial charge is 0.339 e. The van der Waals surface area contributed by atoms with E-state index in [0.29, 0.717) is 36.5 Å². The standard InChI is InChI=1S/C18H20F3N3O3S/c19-18(20,21)14-4-1-5-15(10-14)28(25,26)24-8-2-3-12(11-24)9-16-22-17(23-27-16)13-6-7-13/h1,4-5,10,12-13H,2-3,6-9,11H2. The van der Waals surface area contributed by atoms with Gasteiger partial charge in [-0.05, 0) is 49.8 Å². The molecular formula is C18H20F3N3O3S. The highest BCUT2D eigenvalue weighted by molar-refractivity contribution is 7.89. The van der Waals surface area contributed by atoms with E-state index in [0.717, 1.165) is 31.4 Å². The molecule has 1 saturated heterocycles. The number of benzene rings is 1. The Hall–Kier alpha value is -1.94. The normalized spacial score (nSPS) is 21.8. The minimum atomic E-state index is -4.59. The van der Waals surface area contributed by atoms with Crippen LogP contribution >= 0.6 is 0 Å². The second-order valence-corrected chi connectivity index (χ2v) is 9.36. The van der Waals surface area contributed by atoms with Crippen LogP contribution in [-0.2, 0) is 22.6 Å². The maximum absolute atomic E-state index is 12.9. The third-order valence-corrected chi connectivity index (χ3v) is 7.03. The van der Waals surface area contributed by atoms with Crippen LogP contribution in [0.1, 0.15) is 48.9 Å². The van der Waals surface area contributed by atoms with Gasteiger partial charge in [-0.1, -0.05) is 11.2 Å². The summed E-state index contributed by atoms with van der Waals surface area (Å²) < 4.78 is 71.1. The van der Waals surface area contributed by atoms with Crippen molar-refractivity contribution in [3.8, 4) is 0 Å². The molecule has 10 heteroatoms. The van der Waals surface area contributed by atoms with Crippen LogP contribution in [0.3, 0.4) is 0 Å². The summed E-state index contributed by atoms with van der Waals surface area (Å²) in [4.78, 5) is 4.04. The molecule has 1 aliphatic carbocycles. The lowest BCUT2D eigenvalue weighted by molar-refractivity contribution is -0.137. The first-order valence-corrected chi connectivity index (χ1v) is 10.7. The van der Waals surface area contributed by atoms with Crippen LogP contribution in [0, 0.1) is 5.92 Å². The number of halogens is 3. The summed E-state index contributed by atoms with van der Waals surface area (Å²) >= 11 is 0. The number of aromatic nitrogens is 2. The van der Waals surface area contributed by atoms with Crippen molar-refractivity contribution >= 4 is 10.0 Å². The quantitative estimate of drug-likeness (QED) is 0.746. The number of piperidine rings is 1. The Morgan fingerprint density at radius 3 is 2.71 bits per heavy atom. The Kier molecular flexibility index (Phi) is 4.95. The number of rotatable bonds is 5. The van der Waals surface area contributed by atoms with Crippen molar-refractivity contribution in [1.29, 1.82) is 0 Å². The van der Waals surface area contributed by atoms with Crippen molar-refractivity contribution < 1.29 is 26.1 Å². The van der Waals surface area contributed by atoms with E-state index in [9.17, 15) is 21.6 Å². The van der Waals surface area contributed by atoms with Gasteiger partial charge in [-0.3, -0.25) is 0 Å². The van der Waals surface area contributed by atoms with Crippen LogP contribution in [0.15, 0.2) is 33.7 Å². The monoisotopic (exact) mass is 415 g/mol. The predicted octanol–water partition coefficient (Wildman–Crippen LogP) is 3.61. The molecule has 2 heterocycles. The van der Waals surface area contributed by atoms with Gasteiger partial charge < -0.3 is 4.52 Å². The zero-order chi connectivity index (χ0) is 19.9. The van der Waals surface area contributed by atoms with Crippen molar-refractivity contribution in [2.24, 2.45) is 5.92 Å². The summed E-state index contributed by atoms with van der Waals surface area (Å²) in [5.41, 5.74) is -0.972. The van der Waals surface area contributed by atoms with Gasteiger partial charge in [0.1, 0.15) is 0 Å². The Bertz CT molecular complexity index is 954. The lowest BCUT2D eigenvalue weighted by Crippen LogP contribution is -2.40. The molecule has 1 aromatic carbocycles. The molecule has 1 aliphatic heterocycles. The van der Waals surface area contributed by atoms with Crippen molar-refractivity contribution in [3.63, 3.8) is 0 Å². The van der Waals surface area contributed by atoms with Gasteiger partial charge in [0, 0.05) is 25.4 Å². The van der Waals surface area contributed by atoms with Crippen LogP contribution in [0.25, 0.3) is 0 Å². The maximum atomic E-state index is 12.9. The van der Waals surface area contributed by atoms with E-state index in [1.807, 2.05) is 0 Å². The van der Waals surface area contributed by atoms with Crippen LogP contribution in [0.2, 0.25) is 0 Å². The molecule has 2 aromatic rings. The van der Waals surface area contributed by atoms with Gasteiger partial charge in [-0.2, -0.15) is 22.5 Å². The molecule has 1 saturated carbocycles. The molecule has 2 aliphatic rings. The number of nitrogens with zero attached hydrogens (tertiary/aromatic N) is 3. The second kappa shape index (κ2) is 7.14. The minimum Gasteiger partial charge on any atom is -0.339 e. The van der Waals surface area contributed by atoms with E-state index in [4.69, 9.17) is 4.52 Å². The zero-order valence-corrected chi connectivity index (χ0v) is 15.8. The first kappa shape index (κ1) is 19.4. The summed E-state index contributed by atoms with van der Waals surface area (Å²) in [5, 5.41) is 3.97. The van der Waals surface area contributed by atoms with E-state index in [1.165, 1.54) is 10.4 Å². The Labute approximate surface area is 160 Å². The molecule has 4 rings (SSSR count). The average Bonchev–Trinajstić information content (AvgIpc) is 3.41. The number of alkyl halides is 3. The topological polar surface area (TPSA) is 76.3 Å². The third-order valence-electron chi connectivity index (χ3n) is 5.17. The molecule has 1 atom stereocenters. The van der Waals surface area contributed by atoms with Gasteiger partial charge in [0.15, 0.2) is 5.82 Å². The van der Waals surface area contributed by atoms with Crippen LogP contribution < -0.4 is 0 Å². The fourth-order valence-corrected chi connectivity index (χ4v) is 5.10. The molecule has 0 spiro atoms. The Morgan fingerprint density at radius 2 is 2.00 bits per heavy atom. The zero-order valence-electron chi connectivity index (χ0n) is 15.0. The average molecular weight is 415 g/mol. The number of hydrogen-bond acceptors (Lipinski definition) is 5. The molecule has 28 heavy (non-hydrogen) atoms. The van der Waals surface area contributed by atoms with Crippen molar-refractivity contribution in [2.75, 3.05) is 13.1 Å². The fraction of sp³-hybridized carbons (Fsp3) is 0.556. The first-order chi connectivity index (χ1) is 13.2. The second-order valence-electron chi connectivity index (χ2n) is 7.42. The maximum Gasteiger partial charge on any atom is 0.416 e. The molecule has 0 N–H and O–H groups in total. The third kappa shape index (κ3) is 4.07. The van der Waals surface area contributed by atoms with E-state index in [2.05, 4.69) is 10.1 Å². The Balaban J connectivity index is 1.48. The van der Waals surface area contributed by atoms with Gasteiger partial charge in [0.2, 0.25) is 15.9 Å². The summed E-state index contributed by atoms with van der Waals surface area (Å²) in [6.45, 7) is 0.506. The summed E-state index contributed by atoms with van der Waals surface area (Å²) in [5.74, 6) is 1.56. The van der Waals surface area contributed by atoms with Crippen LogP contribution in [0.5, 0.6) is 0 Å². The highest BCUT2D eigenvalue weighted by Gasteiger charge is 2.35.